The number of aryl methyl sites for hydroxylation is 1. The first-order valence-electron chi connectivity index (χ1n) is 5.22. The summed E-state index contributed by atoms with van der Waals surface area (Å²) in [6, 6.07) is 1.67. The molecule has 2 aromatic heterocycles. The van der Waals surface area contributed by atoms with E-state index >= 15 is 0 Å². The molecule has 0 radical (unpaired) electrons. The molecule has 2 heterocycles. The second kappa shape index (κ2) is 2.95. The van der Waals surface area contributed by atoms with E-state index in [1.807, 2.05) is 0 Å². The molecule has 0 unspecified atom stereocenters. The van der Waals surface area contributed by atoms with Gasteiger partial charge < -0.3 is 9.51 Å². The molecule has 4 nitrogen and oxygen atoms in total. The molecule has 4 heteroatoms. The number of nitrogens with zero attached hydrogens (tertiary/aromatic N) is 1. The topological polar surface area (TPSA) is 58.9 Å². The van der Waals surface area contributed by atoms with Gasteiger partial charge in [0.25, 0.3) is 0 Å². The minimum Gasteiger partial charge on any atom is -0.337 e. The molecule has 0 amide bonds. The summed E-state index contributed by atoms with van der Waals surface area (Å²) in [6.07, 6.45) is 3.50. The normalized spacial score (nSPS) is 16.1. The molecule has 1 aliphatic carbocycles. The second-order valence-electron chi connectivity index (χ2n) is 4.28. The molecule has 0 saturated heterocycles. The average Bonchev–Trinajstić information content (AvgIpc) is 2.90. The lowest BCUT2D eigenvalue weighted by Gasteiger charge is -1.98. The minimum absolute atomic E-state index is 0.0122. The fraction of sp³-hybridized carbons (Fsp3) is 0.455. The SMILES string of the molecule is Cc1noc2[nH]c(CC3CC3)cc(=O)c12. The van der Waals surface area contributed by atoms with Crippen molar-refractivity contribution in [3.8, 4) is 0 Å². The first kappa shape index (κ1) is 8.71. The van der Waals surface area contributed by atoms with Crippen LogP contribution in [0.2, 0.25) is 0 Å². The van der Waals surface area contributed by atoms with E-state index in [0.717, 1.165) is 18.0 Å². The number of H-pyrrole nitrogens is 1. The first-order chi connectivity index (χ1) is 7.24. The van der Waals surface area contributed by atoms with E-state index in [9.17, 15) is 4.79 Å². The highest BCUT2D eigenvalue weighted by Gasteiger charge is 2.22. The van der Waals surface area contributed by atoms with E-state index in [1.165, 1.54) is 12.8 Å². The van der Waals surface area contributed by atoms with Crippen LogP contribution in [0.1, 0.15) is 24.2 Å². The van der Waals surface area contributed by atoms with Crippen LogP contribution in [0.25, 0.3) is 11.1 Å². The van der Waals surface area contributed by atoms with E-state index < -0.39 is 0 Å². The Hall–Kier alpha value is -1.58. The lowest BCUT2D eigenvalue weighted by Crippen LogP contribution is -2.05. The van der Waals surface area contributed by atoms with Gasteiger partial charge in [-0.15, -0.1) is 0 Å². The van der Waals surface area contributed by atoms with Gasteiger partial charge in [0.05, 0.1) is 5.69 Å². The third kappa shape index (κ3) is 1.46. The van der Waals surface area contributed by atoms with Crippen LogP contribution in [-0.4, -0.2) is 10.1 Å². The average molecular weight is 204 g/mol. The molecule has 78 valence electrons. The van der Waals surface area contributed by atoms with Gasteiger partial charge in [-0.25, -0.2) is 0 Å². The molecule has 1 saturated carbocycles. The summed E-state index contributed by atoms with van der Waals surface area (Å²) < 4.78 is 5.07. The Morgan fingerprint density at radius 1 is 1.60 bits per heavy atom. The van der Waals surface area contributed by atoms with Gasteiger partial charge in [0, 0.05) is 11.8 Å². The van der Waals surface area contributed by atoms with Crippen LogP contribution >= 0.6 is 0 Å². The first-order valence-corrected chi connectivity index (χ1v) is 5.22. The zero-order chi connectivity index (χ0) is 10.4. The number of aromatic nitrogens is 2. The second-order valence-corrected chi connectivity index (χ2v) is 4.28. The third-order valence-electron chi connectivity index (χ3n) is 2.89. The summed E-state index contributed by atoms with van der Waals surface area (Å²) in [7, 11) is 0. The standard InChI is InChI=1S/C11H12N2O2/c1-6-10-9(14)5-8(4-7-2-3-7)12-11(10)15-13-6/h5,7H,2-4H2,1H3,(H,12,14). The van der Waals surface area contributed by atoms with Gasteiger partial charge >= 0.3 is 0 Å². The number of nitrogens with one attached hydrogen (secondary N) is 1. The van der Waals surface area contributed by atoms with Crippen LogP contribution in [0.4, 0.5) is 0 Å². The number of rotatable bonds is 2. The Labute approximate surface area is 86.3 Å². The van der Waals surface area contributed by atoms with Gasteiger partial charge in [0.2, 0.25) is 5.71 Å². The van der Waals surface area contributed by atoms with E-state index in [0.29, 0.717) is 16.8 Å². The molecular formula is C11H12N2O2. The molecule has 0 aliphatic heterocycles. The Morgan fingerprint density at radius 2 is 2.40 bits per heavy atom. The van der Waals surface area contributed by atoms with E-state index in [1.54, 1.807) is 13.0 Å². The Morgan fingerprint density at radius 3 is 3.13 bits per heavy atom. The van der Waals surface area contributed by atoms with Crippen LogP contribution in [0.5, 0.6) is 0 Å². The van der Waals surface area contributed by atoms with Gasteiger partial charge in [-0.1, -0.05) is 5.16 Å². The quantitative estimate of drug-likeness (QED) is 0.811. The van der Waals surface area contributed by atoms with Crippen molar-refractivity contribution in [2.45, 2.75) is 26.2 Å². The molecule has 0 aromatic carbocycles. The van der Waals surface area contributed by atoms with E-state index in [-0.39, 0.29) is 5.43 Å². The fourth-order valence-electron chi connectivity index (χ4n) is 1.90. The van der Waals surface area contributed by atoms with Crippen molar-refractivity contribution in [1.29, 1.82) is 0 Å². The number of hydrogen-bond acceptors (Lipinski definition) is 3. The molecule has 15 heavy (non-hydrogen) atoms. The lowest BCUT2D eigenvalue weighted by molar-refractivity contribution is 0.442. The highest BCUT2D eigenvalue weighted by Crippen LogP contribution is 2.32. The maximum Gasteiger partial charge on any atom is 0.240 e. The molecule has 0 atom stereocenters. The van der Waals surface area contributed by atoms with Crippen molar-refractivity contribution in [2.24, 2.45) is 5.92 Å². The molecule has 3 rings (SSSR count). The molecule has 1 N–H and O–H groups in total. The van der Waals surface area contributed by atoms with Crippen molar-refractivity contribution in [2.75, 3.05) is 0 Å². The summed E-state index contributed by atoms with van der Waals surface area (Å²) in [4.78, 5) is 14.9. The van der Waals surface area contributed by atoms with E-state index in [4.69, 9.17) is 4.52 Å². The summed E-state index contributed by atoms with van der Waals surface area (Å²) in [5, 5.41) is 4.36. The minimum atomic E-state index is 0.0122. The Balaban J connectivity index is 2.14. The predicted octanol–water partition coefficient (Wildman–Crippen LogP) is 1.78. The van der Waals surface area contributed by atoms with Crippen molar-refractivity contribution >= 4 is 11.1 Å². The molecule has 1 aliphatic rings. The highest BCUT2D eigenvalue weighted by atomic mass is 16.5. The third-order valence-corrected chi connectivity index (χ3v) is 2.89. The number of aromatic amines is 1. The van der Waals surface area contributed by atoms with Gasteiger partial charge in [0.15, 0.2) is 5.43 Å². The lowest BCUT2D eigenvalue weighted by atomic mass is 10.2. The van der Waals surface area contributed by atoms with Gasteiger partial charge in [0.1, 0.15) is 5.39 Å². The number of pyridine rings is 1. The maximum atomic E-state index is 11.8. The van der Waals surface area contributed by atoms with Gasteiger partial charge in [-0.3, -0.25) is 4.79 Å². The molecule has 0 bridgehead atoms. The molecular weight excluding hydrogens is 192 g/mol. The van der Waals surface area contributed by atoms with Crippen molar-refractivity contribution in [3.63, 3.8) is 0 Å². The van der Waals surface area contributed by atoms with Crippen LogP contribution in [0.15, 0.2) is 15.4 Å². The summed E-state index contributed by atoms with van der Waals surface area (Å²) >= 11 is 0. The molecule has 0 spiro atoms. The smallest absolute Gasteiger partial charge is 0.240 e. The van der Waals surface area contributed by atoms with Crippen LogP contribution in [0.3, 0.4) is 0 Å². The Kier molecular flexibility index (Phi) is 1.71. The predicted molar refractivity (Wildman–Crippen MR) is 55.8 cm³/mol. The number of fused-ring (bicyclic) bond motifs is 1. The largest absolute Gasteiger partial charge is 0.337 e. The fourth-order valence-corrected chi connectivity index (χ4v) is 1.90. The zero-order valence-corrected chi connectivity index (χ0v) is 8.54. The monoisotopic (exact) mass is 204 g/mol. The maximum absolute atomic E-state index is 11.8. The van der Waals surface area contributed by atoms with Crippen LogP contribution in [0, 0.1) is 12.8 Å². The van der Waals surface area contributed by atoms with Gasteiger partial charge in [-0.2, -0.15) is 0 Å². The number of hydrogen-bond donors (Lipinski definition) is 1. The van der Waals surface area contributed by atoms with Crippen molar-refractivity contribution < 1.29 is 4.52 Å². The van der Waals surface area contributed by atoms with E-state index in [2.05, 4.69) is 10.1 Å². The zero-order valence-electron chi connectivity index (χ0n) is 8.54. The summed E-state index contributed by atoms with van der Waals surface area (Å²) in [6.45, 7) is 1.78. The summed E-state index contributed by atoms with van der Waals surface area (Å²) in [5.74, 6) is 0.752. The van der Waals surface area contributed by atoms with Crippen LogP contribution in [-0.2, 0) is 6.42 Å². The molecule has 1 fully saturated rings. The van der Waals surface area contributed by atoms with Crippen molar-refractivity contribution in [3.05, 3.63) is 27.7 Å². The van der Waals surface area contributed by atoms with Gasteiger partial charge in [-0.05, 0) is 32.1 Å². The highest BCUT2D eigenvalue weighted by molar-refractivity contribution is 5.75. The molecule has 2 aromatic rings. The van der Waals surface area contributed by atoms with Crippen LogP contribution < -0.4 is 5.43 Å². The summed E-state index contributed by atoms with van der Waals surface area (Å²) in [5.41, 5.74) is 2.14. The van der Waals surface area contributed by atoms with Crippen molar-refractivity contribution in [1.82, 2.24) is 10.1 Å². The Bertz CT molecular complexity index is 563.